The topological polar surface area (TPSA) is 122 Å². The van der Waals surface area contributed by atoms with Crippen LogP contribution in [0.3, 0.4) is 0 Å². The van der Waals surface area contributed by atoms with E-state index < -0.39 is 40.7 Å². The highest BCUT2D eigenvalue weighted by molar-refractivity contribution is 6.06. The molecular formula is C28H24F4N6O3. The summed E-state index contributed by atoms with van der Waals surface area (Å²) in [5.41, 5.74) is -1.59. The Morgan fingerprint density at radius 3 is 2.49 bits per heavy atom. The van der Waals surface area contributed by atoms with E-state index in [1.165, 1.54) is 30.2 Å². The van der Waals surface area contributed by atoms with Gasteiger partial charge < -0.3 is 15.7 Å². The molecule has 13 heteroatoms. The number of aliphatic hydroxyl groups excluding tert-OH is 1. The number of nitrogens with zero attached hydrogens (tertiary/aromatic N) is 4. The number of nitrogens with one attached hydrogen (secondary N) is 2. The highest BCUT2D eigenvalue weighted by Gasteiger charge is 2.36. The standard InChI is InChI=1S/C28H24F4N6O3/c1-38-8-7-22(37-38)18-11-19(21(29)12-20(18)28(30,31)32)27(41)35-23-14-33-24(13-25(40)34-16-9-17(39)10-16)36-26(23)15-5-3-2-4-6-15/h2-8,11-12,14,16-17,39H,9-10,13H2,1H3,(H,34,40)(H,35,41)/t16-,17-. The Hall–Kier alpha value is -4.65. The van der Waals surface area contributed by atoms with E-state index >= 15 is 0 Å². The SMILES string of the molecule is Cn1ccc(-c2cc(C(=O)Nc3cnc(CC(=O)N[C@H]4C[C@H](O)C4)nc3-c3ccccc3)c(F)cc2C(F)(F)F)n1. The number of alkyl halides is 3. The van der Waals surface area contributed by atoms with Gasteiger partial charge in [-0.2, -0.15) is 18.3 Å². The first-order valence-corrected chi connectivity index (χ1v) is 12.6. The minimum atomic E-state index is -4.89. The number of anilines is 1. The summed E-state index contributed by atoms with van der Waals surface area (Å²) < 4.78 is 57.4. The lowest BCUT2D eigenvalue weighted by atomic mass is 9.89. The Balaban J connectivity index is 1.46. The molecule has 2 aromatic carbocycles. The maximum atomic E-state index is 15.0. The van der Waals surface area contributed by atoms with E-state index in [2.05, 4.69) is 25.7 Å². The van der Waals surface area contributed by atoms with Crippen LogP contribution in [0.2, 0.25) is 0 Å². The van der Waals surface area contributed by atoms with Crippen molar-refractivity contribution in [1.29, 1.82) is 0 Å². The van der Waals surface area contributed by atoms with Gasteiger partial charge in [0.05, 0.1) is 46.9 Å². The monoisotopic (exact) mass is 568 g/mol. The molecule has 3 N–H and O–H groups in total. The van der Waals surface area contributed by atoms with Gasteiger partial charge in [-0.15, -0.1) is 0 Å². The summed E-state index contributed by atoms with van der Waals surface area (Å²) in [7, 11) is 1.52. The summed E-state index contributed by atoms with van der Waals surface area (Å²) in [6.07, 6.45) is -1.87. The zero-order valence-corrected chi connectivity index (χ0v) is 21.6. The number of carbonyl (C=O) groups is 2. The molecule has 2 aromatic heterocycles. The number of hydrogen-bond donors (Lipinski definition) is 3. The van der Waals surface area contributed by atoms with Crippen LogP contribution in [0.4, 0.5) is 23.2 Å². The molecule has 212 valence electrons. The average molecular weight is 569 g/mol. The van der Waals surface area contributed by atoms with E-state index in [1.807, 2.05) is 0 Å². The summed E-state index contributed by atoms with van der Waals surface area (Å²) in [6.45, 7) is 0. The number of rotatable bonds is 7. The maximum Gasteiger partial charge on any atom is 0.417 e. The van der Waals surface area contributed by atoms with Crippen LogP contribution in [0.1, 0.15) is 34.6 Å². The Morgan fingerprint density at radius 1 is 1.12 bits per heavy atom. The van der Waals surface area contributed by atoms with Crippen molar-refractivity contribution >= 4 is 17.5 Å². The molecule has 2 heterocycles. The van der Waals surface area contributed by atoms with Crippen LogP contribution in [-0.2, 0) is 24.4 Å². The van der Waals surface area contributed by atoms with Crippen LogP contribution in [0.15, 0.2) is 60.9 Å². The van der Waals surface area contributed by atoms with E-state index in [1.54, 1.807) is 30.3 Å². The molecule has 41 heavy (non-hydrogen) atoms. The molecule has 5 rings (SSSR count). The largest absolute Gasteiger partial charge is 0.417 e. The molecule has 2 amide bonds. The van der Waals surface area contributed by atoms with Gasteiger partial charge >= 0.3 is 6.18 Å². The Bertz CT molecular complexity index is 1600. The van der Waals surface area contributed by atoms with Crippen molar-refractivity contribution in [2.45, 2.75) is 37.6 Å². The van der Waals surface area contributed by atoms with Crippen molar-refractivity contribution < 1.29 is 32.3 Å². The molecule has 1 aliphatic rings. The van der Waals surface area contributed by atoms with Gasteiger partial charge in [-0.25, -0.2) is 14.4 Å². The van der Waals surface area contributed by atoms with Crippen molar-refractivity contribution in [1.82, 2.24) is 25.1 Å². The molecule has 0 atom stereocenters. The first-order chi connectivity index (χ1) is 19.5. The number of halogens is 4. The zero-order chi connectivity index (χ0) is 29.3. The third-order valence-electron chi connectivity index (χ3n) is 6.58. The molecule has 1 saturated carbocycles. The number of hydrogen-bond acceptors (Lipinski definition) is 6. The van der Waals surface area contributed by atoms with Gasteiger partial charge in [0.2, 0.25) is 5.91 Å². The van der Waals surface area contributed by atoms with Gasteiger partial charge in [0.1, 0.15) is 11.6 Å². The van der Waals surface area contributed by atoms with E-state index in [9.17, 15) is 32.3 Å². The molecule has 0 spiro atoms. The van der Waals surface area contributed by atoms with Gasteiger partial charge in [-0.05, 0) is 31.0 Å². The van der Waals surface area contributed by atoms with E-state index in [4.69, 9.17) is 0 Å². The van der Waals surface area contributed by atoms with Gasteiger partial charge in [-0.1, -0.05) is 30.3 Å². The van der Waals surface area contributed by atoms with Crippen LogP contribution in [0.5, 0.6) is 0 Å². The molecule has 1 aliphatic carbocycles. The van der Waals surface area contributed by atoms with Crippen LogP contribution in [-0.4, -0.2) is 48.8 Å². The summed E-state index contributed by atoms with van der Waals surface area (Å²) in [5.74, 6) is -2.58. The Labute approximate surface area is 231 Å². The minimum absolute atomic E-state index is 0.0613. The van der Waals surface area contributed by atoms with E-state index in [0.29, 0.717) is 18.4 Å². The van der Waals surface area contributed by atoms with Crippen LogP contribution < -0.4 is 10.6 Å². The second kappa shape index (κ2) is 11.1. The van der Waals surface area contributed by atoms with Crippen molar-refractivity contribution in [3.05, 3.63) is 83.7 Å². The second-order valence-electron chi connectivity index (χ2n) is 9.69. The lowest BCUT2D eigenvalue weighted by molar-refractivity contribution is -0.137. The quantitative estimate of drug-likeness (QED) is 0.288. The van der Waals surface area contributed by atoms with Crippen molar-refractivity contribution in [2.75, 3.05) is 5.32 Å². The number of amides is 2. The molecule has 9 nitrogen and oxygen atoms in total. The predicted molar refractivity (Wildman–Crippen MR) is 140 cm³/mol. The van der Waals surface area contributed by atoms with Crippen LogP contribution in [0, 0.1) is 5.82 Å². The molecule has 4 aromatic rings. The molecule has 0 unspecified atom stereocenters. The fourth-order valence-electron chi connectivity index (χ4n) is 4.48. The number of benzene rings is 2. The first-order valence-electron chi connectivity index (χ1n) is 12.6. The number of aliphatic hydroxyl groups is 1. The molecule has 0 saturated heterocycles. The van der Waals surface area contributed by atoms with E-state index in [-0.39, 0.29) is 47.3 Å². The Kier molecular flexibility index (Phi) is 7.54. The van der Waals surface area contributed by atoms with Crippen molar-refractivity contribution in [3.63, 3.8) is 0 Å². The van der Waals surface area contributed by atoms with Crippen LogP contribution >= 0.6 is 0 Å². The first kappa shape index (κ1) is 27.9. The maximum absolute atomic E-state index is 15.0. The molecular weight excluding hydrogens is 544 g/mol. The number of carbonyl (C=O) groups excluding carboxylic acids is 2. The summed E-state index contributed by atoms with van der Waals surface area (Å²) >= 11 is 0. The smallest absolute Gasteiger partial charge is 0.393 e. The van der Waals surface area contributed by atoms with Gasteiger partial charge in [0.15, 0.2) is 0 Å². The average Bonchev–Trinajstić information content (AvgIpc) is 3.34. The van der Waals surface area contributed by atoms with Crippen molar-refractivity contribution in [3.8, 4) is 22.5 Å². The fraction of sp³-hybridized carbons (Fsp3) is 0.250. The van der Waals surface area contributed by atoms with Gasteiger partial charge in [0, 0.05) is 30.4 Å². The van der Waals surface area contributed by atoms with Gasteiger partial charge in [-0.3, -0.25) is 14.3 Å². The highest BCUT2D eigenvalue weighted by atomic mass is 19.4. The molecule has 0 bridgehead atoms. The third kappa shape index (κ3) is 6.24. The summed E-state index contributed by atoms with van der Waals surface area (Å²) in [5, 5.41) is 18.7. The number of aromatic nitrogens is 4. The fourth-order valence-corrected chi connectivity index (χ4v) is 4.48. The lowest BCUT2D eigenvalue weighted by Crippen LogP contribution is -2.47. The van der Waals surface area contributed by atoms with Gasteiger partial charge in [0.25, 0.3) is 5.91 Å². The second-order valence-corrected chi connectivity index (χ2v) is 9.69. The summed E-state index contributed by atoms with van der Waals surface area (Å²) in [6, 6.07) is 10.9. The van der Waals surface area contributed by atoms with E-state index in [0.717, 1.165) is 6.07 Å². The number of aryl methyl sites for hydroxylation is 1. The molecule has 0 aliphatic heterocycles. The zero-order valence-electron chi connectivity index (χ0n) is 21.6. The normalized spacial score (nSPS) is 16.6. The highest BCUT2D eigenvalue weighted by Crippen LogP contribution is 2.38. The summed E-state index contributed by atoms with van der Waals surface area (Å²) in [4.78, 5) is 34.3. The van der Waals surface area contributed by atoms with Crippen LogP contribution in [0.25, 0.3) is 22.5 Å². The third-order valence-corrected chi connectivity index (χ3v) is 6.58. The molecule has 1 fully saturated rings. The predicted octanol–water partition coefficient (Wildman–Crippen LogP) is 4.14. The Morgan fingerprint density at radius 2 is 1.85 bits per heavy atom. The van der Waals surface area contributed by atoms with Crippen molar-refractivity contribution in [2.24, 2.45) is 7.05 Å². The lowest BCUT2D eigenvalue weighted by Gasteiger charge is -2.31. The molecule has 0 radical (unpaired) electrons. The minimum Gasteiger partial charge on any atom is -0.393 e.